The molecule has 0 spiro atoms. The highest BCUT2D eigenvalue weighted by molar-refractivity contribution is 9.09. The third-order valence-electron chi connectivity index (χ3n) is 3.26. The summed E-state index contributed by atoms with van der Waals surface area (Å²) in [6.07, 6.45) is 5.68. The zero-order chi connectivity index (χ0) is 25.2. The monoisotopic (exact) mass is 620 g/mol. The molecule has 0 saturated carbocycles. The highest BCUT2D eigenvalue weighted by atomic mass is 79.9. The number of carbonyl (C=O) groups is 4. The number of hydrogen-bond acceptors (Lipinski definition) is 5. The van der Waals surface area contributed by atoms with Gasteiger partial charge in [0, 0.05) is 34.2 Å². The van der Waals surface area contributed by atoms with Crippen molar-refractivity contribution in [3.63, 3.8) is 0 Å². The third-order valence-corrected chi connectivity index (χ3v) is 4.01. The topological polar surface area (TPSA) is 167 Å². The molecule has 0 radical (unpaired) electrons. The van der Waals surface area contributed by atoms with Gasteiger partial charge in [0.05, 0.1) is 11.1 Å². The predicted molar refractivity (Wildman–Crippen MR) is 141 cm³/mol. The number of allylic oxidation sites excluding steroid dienone is 2. The number of alkyl halides is 2. The number of carboxylic acid groups (broad SMARTS) is 3. The Hall–Kier alpha value is -3.15. The summed E-state index contributed by atoms with van der Waals surface area (Å²) in [7, 11) is 0. The normalized spacial score (nSPS) is 9.59. The van der Waals surface area contributed by atoms with Crippen LogP contribution in [0.25, 0.3) is 0 Å². The molecule has 0 fully saturated rings. The van der Waals surface area contributed by atoms with Crippen LogP contribution in [0.15, 0.2) is 72.8 Å². The molecule has 0 saturated heterocycles. The van der Waals surface area contributed by atoms with Gasteiger partial charge in [0.2, 0.25) is 5.91 Å². The smallest absolute Gasteiger partial charge is 0.335 e. The van der Waals surface area contributed by atoms with E-state index in [1.165, 1.54) is 36.4 Å². The minimum Gasteiger partial charge on any atom is -0.478 e. The van der Waals surface area contributed by atoms with Gasteiger partial charge in [0.25, 0.3) is 0 Å². The molecular weight excluding hydrogens is 600 g/mol. The van der Waals surface area contributed by atoms with Crippen molar-refractivity contribution in [3.05, 3.63) is 84.0 Å². The largest absolute Gasteiger partial charge is 0.478 e. The molecule has 0 aromatic heterocycles. The minimum atomic E-state index is -0.989. The van der Waals surface area contributed by atoms with Crippen molar-refractivity contribution in [2.24, 2.45) is 0 Å². The standard InChI is InChI=1S/C11H10BrNO3.C7H7NO2.C4H5BrO2.ClH/c12-7-1-2-10(14)13-9-5-3-8(4-6-9)11(15)16;8-6-3-1-5(2-4-6)7(9)10;5-3-1-2-4(6)7;/h1-6H,7H2,(H,13,14)(H,15,16);1-4H,8H2,(H,9,10);1-2H,3H2,(H,6,7);1H/b2-1+;;2-1+;. The molecule has 184 valence electrons. The lowest BCUT2D eigenvalue weighted by molar-refractivity contribution is -0.131. The number of rotatable bonds is 7. The van der Waals surface area contributed by atoms with Crippen LogP contribution in [0.5, 0.6) is 0 Å². The van der Waals surface area contributed by atoms with E-state index in [0.717, 1.165) is 6.08 Å². The van der Waals surface area contributed by atoms with Crippen LogP contribution in [0.4, 0.5) is 11.4 Å². The summed E-state index contributed by atoms with van der Waals surface area (Å²) in [6.45, 7) is 0. The Morgan fingerprint density at radius 3 is 1.53 bits per heavy atom. The van der Waals surface area contributed by atoms with Gasteiger partial charge in [-0.1, -0.05) is 44.0 Å². The molecule has 1 amide bonds. The molecule has 0 aliphatic rings. The third kappa shape index (κ3) is 16.5. The quantitative estimate of drug-likeness (QED) is 0.169. The number of nitrogen functional groups attached to an aromatic ring is 1. The fraction of sp³-hybridized carbons (Fsp3) is 0.0909. The molecule has 0 aliphatic heterocycles. The molecular formula is C22H23Br2ClN2O7. The molecule has 0 aliphatic carbocycles. The van der Waals surface area contributed by atoms with Gasteiger partial charge in [0.1, 0.15) is 0 Å². The fourth-order valence-corrected chi connectivity index (χ4v) is 2.18. The summed E-state index contributed by atoms with van der Waals surface area (Å²) in [6, 6.07) is 12.0. The molecule has 0 atom stereocenters. The van der Waals surface area contributed by atoms with Gasteiger partial charge in [-0.05, 0) is 48.5 Å². The average Bonchev–Trinajstić information content (AvgIpc) is 2.77. The first-order valence-corrected chi connectivity index (χ1v) is 11.3. The fourth-order valence-electron chi connectivity index (χ4n) is 1.80. The zero-order valence-corrected chi connectivity index (χ0v) is 21.5. The van der Waals surface area contributed by atoms with Crippen LogP contribution >= 0.6 is 44.3 Å². The Bertz CT molecular complexity index is 980. The summed E-state index contributed by atoms with van der Waals surface area (Å²) >= 11 is 6.18. The lowest BCUT2D eigenvalue weighted by Gasteiger charge is -2.02. The van der Waals surface area contributed by atoms with Gasteiger partial charge >= 0.3 is 17.9 Å². The van der Waals surface area contributed by atoms with Crippen LogP contribution < -0.4 is 11.1 Å². The average molecular weight is 623 g/mol. The minimum absolute atomic E-state index is 0. The SMILES string of the molecule is Cl.Nc1ccc(C(=O)O)cc1.O=C(/C=C/CBr)Nc1ccc(C(=O)O)cc1.O=C(O)/C=C/CBr. The number of anilines is 2. The first-order valence-electron chi connectivity index (χ1n) is 9.01. The van der Waals surface area contributed by atoms with Crippen molar-refractivity contribution >= 4 is 79.5 Å². The number of carbonyl (C=O) groups excluding carboxylic acids is 1. The van der Waals surface area contributed by atoms with Crippen LogP contribution in [-0.2, 0) is 9.59 Å². The summed E-state index contributed by atoms with van der Waals surface area (Å²) < 4.78 is 0. The van der Waals surface area contributed by atoms with E-state index in [1.807, 2.05) is 0 Å². The van der Waals surface area contributed by atoms with Crippen LogP contribution in [-0.4, -0.2) is 49.8 Å². The van der Waals surface area contributed by atoms with E-state index in [2.05, 4.69) is 37.2 Å². The number of aromatic carboxylic acids is 2. The summed E-state index contributed by atoms with van der Waals surface area (Å²) in [4.78, 5) is 41.7. The number of aliphatic carboxylic acids is 1. The second kappa shape index (κ2) is 19.3. The Morgan fingerprint density at radius 2 is 1.18 bits per heavy atom. The van der Waals surface area contributed by atoms with Gasteiger partial charge in [-0.2, -0.15) is 0 Å². The van der Waals surface area contributed by atoms with E-state index >= 15 is 0 Å². The van der Waals surface area contributed by atoms with Crippen LogP contribution in [0.3, 0.4) is 0 Å². The van der Waals surface area contributed by atoms with Crippen molar-refractivity contribution in [1.82, 2.24) is 0 Å². The number of halogens is 3. The number of nitrogens with two attached hydrogens (primary N) is 1. The molecule has 12 heteroatoms. The molecule has 0 heterocycles. The highest BCUT2D eigenvalue weighted by Crippen LogP contribution is 2.09. The van der Waals surface area contributed by atoms with Crippen LogP contribution in [0.2, 0.25) is 0 Å². The summed E-state index contributed by atoms with van der Waals surface area (Å²) in [5, 5.41) is 28.9. The Balaban J connectivity index is 0. The molecule has 2 aromatic rings. The number of benzene rings is 2. The van der Waals surface area contributed by atoms with Crippen LogP contribution in [0.1, 0.15) is 20.7 Å². The number of hydrogen-bond donors (Lipinski definition) is 5. The van der Waals surface area contributed by atoms with Gasteiger partial charge in [-0.25, -0.2) is 14.4 Å². The van der Waals surface area contributed by atoms with Crippen molar-refractivity contribution in [3.8, 4) is 0 Å². The first-order chi connectivity index (χ1) is 15.6. The van der Waals surface area contributed by atoms with E-state index in [0.29, 0.717) is 22.0 Å². The summed E-state index contributed by atoms with van der Waals surface area (Å²) in [5.41, 5.74) is 6.92. The van der Waals surface area contributed by atoms with Gasteiger partial charge < -0.3 is 26.4 Å². The van der Waals surface area contributed by atoms with Gasteiger partial charge in [-0.15, -0.1) is 12.4 Å². The number of nitrogens with one attached hydrogen (secondary N) is 1. The van der Waals surface area contributed by atoms with Crippen molar-refractivity contribution in [2.75, 3.05) is 21.7 Å². The molecule has 9 nitrogen and oxygen atoms in total. The first kappa shape index (κ1) is 33.0. The maximum absolute atomic E-state index is 11.3. The lowest BCUT2D eigenvalue weighted by atomic mass is 10.2. The lowest BCUT2D eigenvalue weighted by Crippen LogP contribution is -2.08. The highest BCUT2D eigenvalue weighted by Gasteiger charge is 2.02. The molecule has 0 bridgehead atoms. The van der Waals surface area contributed by atoms with E-state index < -0.39 is 17.9 Å². The second-order valence-corrected chi connectivity index (χ2v) is 7.05. The van der Waals surface area contributed by atoms with Crippen molar-refractivity contribution in [1.29, 1.82) is 0 Å². The maximum atomic E-state index is 11.3. The van der Waals surface area contributed by atoms with Crippen LogP contribution in [0, 0.1) is 0 Å². The molecule has 6 N–H and O–H groups in total. The number of carboxylic acids is 3. The van der Waals surface area contributed by atoms with E-state index in [-0.39, 0.29) is 29.4 Å². The molecule has 0 unspecified atom stereocenters. The van der Waals surface area contributed by atoms with Crippen molar-refractivity contribution in [2.45, 2.75) is 0 Å². The van der Waals surface area contributed by atoms with E-state index in [4.69, 9.17) is 21.1 Å². The number of amides is 1. The van der Waals surface area contributed by atoms with E-state index in [9.17, 15) is 19.2 Å². The Labute approximate surface area is 219 Å². The Morgan fingerprint density at radius 1 is 0.765 bits per heavy atom. The van der Waals surface area contributed by atoms with Gasteiger partial charge in [-0.3, -0.25) is 4.79 Å². The second-order valence-electron chi connectivity index (χ2n) is 5.75. The molecule has 34 heavy (non-hydrogen) atoms. The van der Waals surface area contributed by atoms with E-state index in [1.54, 1.807) is 30.3 Å². The van der Waals surface area contributed by atoms with Gasteiger partial charge in [0.15, 0.2) is 0 Å². The molecule has 2 rings (SSSR count). The Kier molecular flexibility index (Phi) is 18.8. The molecule has 2 aromatic carbocycles. The maximum Gasteiger partial charge on any atom is 0.335 e. The van der Waals surface area contributed by atoms with Crippen molar-refractivity contribution < 1.29 is 34.5 Å². The predicted octanol–water partition coefficient (Wildman–Crippen LogP) is 4.69. The zero-order valence-electron chi connectivity index (χ0n) is 17.6. The summed E-state index contributed by atoms with van der Waals surface area (Å²) in [5.74, 6) is -3.07.